The number of rotatable bonds is 3. The summed E-state index contributed by atoms with van der Waals surface area (Å²) >= 11 is 0. The number of nitrogens with one attached hydrogen (secondary N) is 1. The molecule has 28 heavy (non-hydrogen) atoms. The van der Waals surface area contributed by atoms with Gasteiger partial charge in [0.1, 0.15) is 18.4 Å². The molecule has 5 rings (SSSR count). The number of hydrogen-bond donors (Lipinski definition) is 2. The number of benzene rings is 2. The highest BCUT2D eigenvalue weighted by molar-refractivity contribution is 5.45. The number of aliphatic hydroxyl groups is 1. The van der Waals surface area contributed by atoms with Gasteiger partial charge in [-0.1, -0.05) is 31.0 Å². The molecule has 2 heterocycles. The maximum atomic E-state index is 14.4. The summed E-state index contributed by atoms with van der Waals surface area (Å²) in [5.74, 6) is 1.57. The highest BCUT2D eigenvalue weighted by atomic mass is 19.1. The molecule has 4 atom stereocenters. The van der Waals surface area contributed by atoms with Gasteiger partial charge in [-0.15, -0.1) is 0 Å². The summed E-state index contributed by atoms with van der Waals surface area (Å²) in [7, 11) is 0. The third-order valence-electron chi connectivity index (χ3n) is 6.92. The SMILES string of the molecule is O[C@]12CCCC[C@H]1[C@@H](c1ccc3c(c1)OCO3)[NH+](Cc1ccccc1F)CC2. The van der Waals surface area contributed by atoms with Crippen LogP contribution in [0.2, 0.25) is 0 Å². The number of quaternary nitrogens is 1. The van der Waals surface area contributed by atoms with Crippen LogP contribution in [0.15, 0.2) is 42.5 Å². The van der Waals surface area contributed by atoms with Gasteiger partial charge in [0.15, 0.2) is 11.5 Å². The van der Waals surface area contributed by atoms with Crippen LogP contribution in [-0.2, 0) is 6.54 Å². The van der Waals surface area contributed by atoms with Crippen LogP contribution in [-0.4, -0.2) is 24.0 Å². The average molecular weight is 384 g/mol. The lowest BCUT2D eigenvalue weighted by Gasteiger charge is -2.50. The largest absolute Gasteiger partial charge is 0.454 e. The van der Waals surface area contributed by atoms with Gasteiger partial charge in [0, 0.05) is 23.5 Å². The fourth-order valence-electron chi connectivity index (χ4n) is 5.51. The Labute approximate surface area is 164 Å². The van der Waals surface area contributed by atoms with Gasteiger partial charge in [0.05, 0.1) is 12.1 Å². The molecule has 0 bridgehead atoms. The van der Waals surface area contributed by atoms with Crippen molar-refractivity contribution in [2.45, 2.75) is 50.3 Å². The smallest absolute Gasteiger partial charge is 0.231 e. The van der Waals surface area contributed by atoms with Crippen LogP contribution < -0.4 is 14.4 Å². The molecule has 1 saturated heterocycles. The average Bonchev–Trinajstić information content (AvgIpc) is 3.17. The Morgan fingerprint density at radius 3 is 2.82 bits per heavy atom. The molecule has 1 unspecified atom stereocenters. The summed E-state index contributed by atoms with van der Waals surface area (Å²) in [4.78, 5) is 1.32. The number of fused-ring (bicyclic) bond motifs is 2. The van der Waals surface area contributed by atoms with E-state index in [1.807, 2.05) is 18.2 Å². The Balaban J connectivity index is 1.53. The zero-order chi connectivity index (χ0) is 19.1. The van der Waals surface area contributed by atoms with Crippen molar-refractivity contribution in [2.24, 2.45) is 5.92 Å². The molecule has 0 spiro atoms. The lowest BCUT2D eigenvalue weighted by molar-refractivity contribution is -0.958. The molecule has 1 aliphatic carbocycles. The highest BCUT2D eigenvalue weighted by Crippen LogP contribution is 2.45. The maximum Gasteiger partial charge on any atom is 0.231 e. The zero-order valence-corrected chi connectivity index (χ0v) is 16.0. The third-order valence-corrected chi connectivity index (χ3v) is 6.92. The van der Waals surface area contributed by atoms with E-state index in [0.29, 0.717) is 6.54 Å². The van der Waals surface area contributed by atoms with E-state index in [1.165, 1.54) is 11.0 Å². The number of piperidine rings is 1. The van der Waals surface area contributed by atoms with Crippen molar-refractivity contribution in [2.75, 3.05) is 13.3 Å². The standard InChI is InChI=1S/C23H26FNO3/c24-19-7-2-1-5-17(19)14-25-12-11-23(26)10-4-3-6-18(23)22(25)16-8-9-20-21(13-16)28-15-27-20/h1-2,5,7-9,13,18,22,26H,3-4,6,10-12,14-15H2/p+1/t18-,22+,23-/m0/s1. The summed E-state index contributed by atoms with van der Waals surface area (Å²) in [6, 6.07) is 13.3. The number of halogens is 1. The van der Waals surface area contributed by atoms with Crippen molar-refractivity contribution in [1.29, 1.82) is 0 Å². The van der Waals surface area contributed by atoms with E-state index in [-0.39, 0.29) is 24.6 Å². The first-order valence-electron chi connectivity index (χ1n) is 10.3. The van der Waals surface area contributed by atoms with Gasteiger partial charge in [-0.25, -0.2) is 4.39 Å². The molecule has 0 radical (unpaired) electrons. The van der Waals surface area contributed by atoms with E-state index < -0.39 is 5.60 Å². The van der Waals surface area contributed by atoms with Gasteiger partial charge in [-0.3, -0.25) is 0 Å². The normalized spacial score (nSPS) is 31.4. The lowest BCUT2D eigenvalue weighted by Crippen LogP contribution is -3.13. The van der Waals surface area contributed by atoms with Gasteiger partial charge in [-0.05, 0) is 37.1 Å². The van der Waals surface area contributed by atoms with Crippen LogP contribution in [0.4, 0.5) is 4.39 Å². The molecule has 2 aromatic carbocycles. The molecule has 2 N–H and O–H groups in total. The molecule has 4 nitrogen and oxygen atoms in total. The van der Waals surface area contributed by atoms with E-state index in [4.69, 9.17) is 9.47 Å². The minimum Gasteiger partial charge on any atom is -0.454 e. The predicted octanol–water partition coefficient (Wildman–Crippen LogP) is 3.01. The monoisotopic (exact) mass is 384 g/mol. The molecular weight excluding hydrogens is 357 g/mol. The number of hydrogen-bond acceptors (Lipinski definition) is 3. The summed E-state index contributed by atoms with van der Waals surface area (Å²) in [5.41, 5.74) is 1.28. The van der Waals surface area contributed by atoms with E-state index in [0.717, 1.165) is 61.3 Å². The molecular formula is C23H27FNO3+. The first-order valence-corrected chi connectivity index (χ1v) is 10.3. The van der Waals surface area contributed by atoms with Crippen molar-refractivity contribution in [3.63, 3.8) is 0 Å². The van der Waals surface area contributed by atoms with Crippen molar-refractivity contribution in [3.8, 4) is 11.5 Å². The second kappa shape index (κ2) is 7.05. The molecule has 2 fully saturated rings. The molecule has 0 aromatic heterocycles. The number of likely N-dealkylation sites (tertiary alicyclic amines) is 1. The molecule has 2 aliphatic heterocycles. The Morgan fingerprint density at radius 2 is 1.93 bits per heavy atom. The molecule has 5 heteroatoms. The first kappa shape index (κ1) is 18.0. The predicted molar refractivity (Wildman–Crippen MR) is 103 cm³/mol. The molecule has 148 valence electrons. The number of ether oxygens (including phenoxy) is 2. The van der Waals surface area contributed by atoms with Crippen molar-refractivity contribution in [1.82, 2.24) is 0 Å². The Hall–Kier alpha value is -2.11. The lowest BCUT2D eigenvalue weighted by atomic mass is 9.66. The van der Waals surface area contributed by atoms with Crippen molar-refractivity contribution in [3.05, 3.63) is 59.4 Å². The Kier molecular flexibility index (Phi) is 4.52. The van der Waals surface area contributed by atoms with Gasteiger partial charge in [-0.2, -0.15) is 0 Å². The highest BCUT2D eigenvalue weighted by Gasteiger charge is 2.51. The molecule has 2 aromatic rings. The van der Waals surface area contributed by atoms with Crippen LogP contribution in [0.25, 0.3) is 0 Å². The molecule has 3 aliphatic rings. The van der Waals surface area contributed by atoms with Crippen molar-refractivity contribution >= 4 is 0 Å². The summed E-state index contributed by atoms with van der Waals surface area (Å²) < 4.78 is 25.5. The molecule has 0 amide bonds. The van der Waals surface area contributed by atoms with E-state index >= 15 is 0 Å². The van der Waals surface area contributed by atoms with Crippen LogP contribution in [0.3, 0.4) is 0 Å². The van der Waals surface area contributed by atoms with Crippen LogP contribution in [0.1, 0.15) is 49.3 Å². The minimum absolute atomic E-state index is 0.119. The van der Waals surface area contributed by atoms with Crippen LogP contribution in [0, 0.1) is 11.7 Å². The van der Waals surface area contributed by atoms with E-state index in [9.17, 15) is 9.50 Å². The second-order valence-electron chi connectivity index (χ2n) is 8.47. The minimum atomic E-state index is -0.613. The van der Waals surface area contributed by atoms with E-state index in [1.54, 1.807) is 6.07 Å². The fraction of sp³-hybridized carbons (Fsp3) is 0.478. The van der Waals surface area contributed by atoms with Gasteiger partial charge in [0.25, 0.3) is 0 Å². The summed E-state index contributed by atoms with van der Waals surface area (Å²) in [6.07, 6.45) is 4.88. The fourth-order valence-corrected chi connectivity index (χ4v) is 5.51. The molecule has 1 saturated carbocycles. The van der Waals surface area contributed by atoms with Gasteiger partial charge < -0.3 is 19.5 Å². The quantitative estimate of drug-likeness (QED) is 0.855. The summed E-state index contributed by atoms with van der Waals surface area (Å²) in [6.45, 7) is 1.71. The van der Waals surface area contributed by atoms with Crippen LogP contribution in [0.5, 0.6) is 11.5 Å². The van der Waals surface area contributed by atoms with E-state index in [2.05, 4.69) is 12.1 Å². The Morgan fingerprint density at radius 1 is 1.07 bits per heavy atom. The van der Waals surface area contributed by atoms with Gasteiger partial charge >= 0.3 is 0 Å². The van der Waals surface area contributed by atoms with Crippen molar-refractivity contribution < 1.29 is 23.9 Å². The third kappa shape index (κ3) is 3.07. The first-order chi connectivity index (χ1) is 13.6. The van der Waals surface area contributed by atoms with Crippen LogP contribution >= 0.6 is 0 Å². The maximum absolute atomic E-state index is 14.4. The zero-order valence-electron chi connectivity index (χ0n) is 16.0. The summed E-state index contributed by atoms with van der Waals surface area (Å²) in [5, 5.41) is 11.4. The second-order valence-corrected chi connectivity index (χ2v) is 8.47. The topological polar surface area (TPSA) is 43.1 Å². The van der Waals surface area contributed by atoms with Gasteiger partial charge in [0.2, 0.25) is 6.79 Å². The Bertz CT molecular complexity index is 873.